The molecule has 1 aliphatic carbocycles. The van der Waals surface area contributed by atoms with Crippen LogP contribution in [0.2, 0.25) is 0 Å². The molecule has 0 radical (unpaired) electrons. The summed E-state index contributed by atoms with van der Waals surface area (Å²) in [6, 6.07) is 0.507. The maximum Gasteiger partial charge on any atom is 0.321 e. The van der Waals surface area contributed by atoms with Crippen LogP contribution in [-0.2, 0) is 6.54 Å². The third kappa shape index (κ3) is 2.06. The Hall–Kier alpha value is -1.43. The van der Waals surface area contributed by atoms with Gasteiger partial charge in [-0.2, -0.15) is 4.98 Å². The second-order valence-corrected chi connectivity index (χ2v) is 5.25. The number of aryl methyl sites for hydroxylation is 1. The molecule has 3 rings (SSSR count). The van der Waals surface area contributed by atoms with E-state index in [2.05, 4.69) is 20.4 Å². The molecule has 5 nitrogen and oxygen atoms in total. The third-order valence-electron chi connectivity index (χ3n) is 2.47. The van der Waals surface area contributed by atoms with E-state index in [4.69, 9.17) is 4.52 Å². The van der Waals surface area contributed by atoms with E-state index in [1.54, 1.807) is 11.3 Å². The zero-order chi connectivity index (χ0) is 11.0. The van der Waals surface area contributed by atoms with Gasteiger partial charge in [0.1, 0.15) is 0 Å². The lowest BCUT2D eigenvalue weighted by molar-refractivity contribution is 0.422. The minimum absolute atomic E-state index is 0.507. The Morgan fingerprint density at radius 2 is 2.44 bits per heavy atom. The van der Waals surface area contributed by atoms with Crippen molar-refractivity contribution >= 4 is 17.4 Å². The number of aromatic nitrogens is 3. The van der Waals surface area contributed by atoms with Crippen LogP contribution >= 0.6 is 11.3 Å². The molecule has 2 aromatic rings. The molecule has 2 aromatic heterocycles. The highest BCUT2D eigenvalue weighted by Gasteiger charge is 2.28. The average molecular weight is 236 g/mol. The minimum atomic E-state index is 0.507. The molecule has 2 heterocycles. The summed E-state index contributed by atoms with van der Waals surface area (Å²) in [6.07, 6.45) is 4.24. The van der Waals surface area contributed by atoms with Gasteiger partial charge in [0.2, 0.25) is 0 Å². The highest BCUT2D eigenvalue weighted by atomic mass is 32.1. The fraction of sp³-hybridized carbons (Fsp3) is 0.500. The molecule has 0 bridgehead atoms. The molecule has 1 fully saturated rings. The number of anilines is 1. The van der Waals surface area contributed by atoms with Crippen molar-refractivity contribution in [2.24, 2.45) is 0 Å². The molecule has 0 saturated heterocycles. The molecule has 1 saturated carbocycles. The molecule has 6 heteroatoms. The summed E-state index contributed by atoms with van der Waals surface area (Å²) >= 11 is 1.67. The summed E-state index contributed by atoms with van der Waals surface area (Å²) in [5, 5.41) is 8.11. The van der Waals surface area contributed by atoms with Crippen molar-refractivity contribution in [1.82, 2.24) is 15.1 Å². The van der Waals surface area contributed by atoms with Gasteiger partial charge < -0.3 is 9.84 Å². The summed E-state index contributed by atoms with van der Waals surface area (Å²) in [5.41, 5.74) is 0. The molecule has 16 heavy (non-hydrogen) atoms. The smallest absolute Gasteiger partial charge is 0.321 e. The molecule has 0 amide bonds. The van der Waals surface area contributed by atoms with Crippen molar-refractivity contribution in [2.45, 2.75) is 32.2 Å². The van der Waals surface area contributed by atoms with Gasteiger partial charge in [-0.1, -0.05) is 5.16 Å². The summed E-state index contributed by atoms with van der Waals surface area (Å²) in [5.74, 6) is 1.37. The van der Waals surface area contributed by atoms with Crippen LogP contribution in [-0.4, -0.2) is 15.1 Å². The van der Waals surface area contributed by atoms with Gasteiger partial charge in [0.25, 0.3) is 0 Å². The maximum atomic E-state index is 5.11. The molecule has 0 aromatic carbocycles. The quantitative estimate of drug-likeness (QED) is 0.882. The first kappa shape index (κ1) is 9.77. The lowest BCUT2D eigenvalue weighted by Gasteiger charge is -1.95. The Morgan fingerprint density at radius 1 is 1.56 bits per heavy atom. The van der Waals surface area contributed by atoms with Crippen molar-refractivity contribution in [3.8, 4) is 0 Å². The zero-order valence-electron chi connectivity index (χ0n) is 8.93. The van der Waals surface area contributed by atoms with Crippen LogP contribution in [0.5, 0.6) is 0 Å². The summed E-state index contributed by atoms with van der Waals surface area (Å²) in [6.45, 7) is 2.68. The van der Waals surface area contributed by atoms with Gasteiger partial charge in [0.15, 0.2) is 5.82 Å². The Bertz CT molecular complexity index is 488. The lowest BCUT2D eigenvalue weighted by Crippen LogP contribution is -1.97. The van der Waals surface area contributed by atoms with E-state index >= 15 is 0 Å². The number of hydrogen-bond donors (Lipinski definition) is 1. The average Bonchev–Trinajstić information content (AvgIpc) is 2.87. The van der Waals surface area contributed by atoms with Gasteiger partial charge in [-0.15, -0.1) is 11.3 Å². The van der Waals surface area contributed by atoms with E-state index in [0.29, 0.717) is 18.5 Å². The third-order valence-corrected chi connectivity index (χ3v) is 3.38. The highest BCUT2D eigenvalue weighted by Crippen LogP contribution is 2.38. The standard InChI is InChI=1S/C10H12N4OS/c1-6-11-4-8(16-6)5-12-10-13-9(14-15-10)7-2-3-7/h4,7H,2-3,5H2,1H3,(H,12,13,14). The largest absolute Gasteiger partial charge is 0.333 e. The van der Waals surface area contributed by atoms with Crippen molar-refractivity contribution in [3.05, 3.63) is 21.9 Å². The molecular weight excluding hydrogens is 224 g/mol. The van der Waals surface area contributed by atoms with Crippen LogP contribution in [0.15, 0.2) is 10.7 Å². The molecule has 0 unspecified atom stereocenters. The Morgan fingerprint density at radius 3 is 3.12 bits per heavy atom. The Kier molecular flexibility index (Phi) is 2.36. The van der Waals surface area contributed by atoms with Gasteiger partial charge in [-0.05, 0) is 19.8 Å². The van der Waals surface area contributed by atoms with Crippen LogP contribution in [0.4, 0.5) is 6.01 Å². The van der Waals surface area contributed by atoms with Crippen LogP contribution in [0.3, 0.4) is 0 Å². The van der Waals surface area contributed by atoms with Crippen LogP contribution in [0, 0.1) is 6.92 Å². The maximum absolute atomic E-state index is 5.11. The molecule has 0 atom stereocenters. The predicted octanol–water partition coefficient (Wildman–Crippen LogP) is 2.32. The normalized spacial score (nSPS) is 15.3. The molecule has 1 aliphatic rings. The second kappa shape index (κ2) is 3.86. The van der Waals surface area contributed by atoms with Crippen molar-refractivity contribution in [2.75, 3.05) is 5.32 Å². The van der Waals surface area contributed by atoms with Crippen molar-refractivity contribution < 1.29 is 4.52 Å². The SMILES string of the molecule is Cc1ncc(CNc2nc(C3CC3)no2)s1. The zero-order valence-corrected chi connectivity index (χ0v) is 9.75. The minimum Gasteiger partial charge on any atom is -0.333 e. The lowest BCUT2D eigenvalue weighted by atomic mass is 10.4. The molecule has 84 valence electrons. The number of rotatable bonds is 4. The van der Waals surface area contributed by atoms with Crippen molar-refractivity contribution in [1.29, 1.82) is 0 Å². The van der Waals surface area contributed by atoms with Gasteiger partial charge in [-0.25, -0.2) is 4.98 Å². The fourth-order valence-electron chi connectivity index (χ4n) is 1.46. The second-order valence-electron chi connectivity index (χ2n) is 3.93. The molecule has 0 aliphatic heterocycles. The highest BCUT2D eigenvalue weighted by molar-refractivity contribution is 7.11. The molecule has 1 N–H and O–H groups in total. The number of thiazole rings is 1. The van der Waals surface area contributed by atoms with Crippen LogP contribution in [0.1, 0.15) is 34.5 Å². The Labute approximate surface area is 96.9 Å². The number of nitrogens with one attached hydrogen (secondary N) is 1. The van der Waals surface area contributed by atoms with Gasteiger partial charge in [-0.3, -0.25) is 0 Å². The number of hydrogen-bond acceptors (Lipinski definition) is 6. The predicted molar refractivity (Wildman–Crippen MR) is 60.5 cm³/mol. The van der Waals surface area contributed by atoms with Gasteiger partial charge in [0, 0.05) is 17.0 Å². The van der Waals surface area contributed by atoms with Crippen LogP contribution in [0.25, 0.3) is 0 Å². The number of nitrogens with zero attached hydrogens (tertiary/aromatic N) is 3. The van der Waals surface area contributed by atoms with E-state index in [1.807, 2.05) is 13.1 Å². The van der Waals surface area contributed by atoms with Gasteiger partial charge in [0.05, 0.1) is 11.6 Å². The Balaban J connectivity index is 1.61. The molecular formula is C10H12N4OS. The van der Waals surface area contributed by atoms with Crippen molar-refractivity contribution in [3.63, 3.8) is 0 Å². The monoisotopic (exact) mass is 236 g/mol. The first-order valence-corrected chi connectivity index (χ1v) is 6.12. The van der Waals surface area contributed by atoms with E-state index in [0.717, 1.165) is 10.8 Å². The van der Waals surface area contributed by atoms with E-state index in [-0.39, 0.29) is 0 Å². The first-order valence-electron chi connectivity index (χ1n) is 5.30. The van der Waals surface area contributed by atoms with E-state index in [9.17, 15) is 0 Å². The molecule has 0 spiro atoms. The fourth-order valence-corrected chi connectivity index (χ4v) is 2.20. The summed E-state index contributed by atoms with van der Waals surface area (Å²) in [4.78, 5) is 9.64. The summed E-state index contributed by atoms with van der Waals surface area (Å²) in [7, 11) is 0. The van der Waals surface area contributed by atoms with Gasteiger partial charge >= 0.3 is 6.01 Å². The van der Waals surface area contributed by atoms with E-state index < -0.39 is 0 Å². The first-order chi connectivity index (χ1) is 7.81. The summed E-state index contributed by atoms with van der Waals surface area (Å²) < 4.78 is 5.11. The topological polar surface area (TPSA) is 63.8 Å². The van der Waals surface area contributed by atoms with Crippen LogP contribution < -0.4 is 5.32 Å². The van der Waals surface area contributed by atoms with E-state index in [1.165, 1.54) is 17.7 Å².